The summed E-state index contributed by atoms with van der Waals surface area (Å²) in [5.41, 5.74) is 0.407. The molecule has 2 saturated carbocycles. The Morgan fingerprint density at radius 2 is 1.71 bits per heavy atom. The SMILES string of the molecule is CC1CCC(OCC2(CS)CCCCC2)CC1. The quantitative estimate of drug-likeness (QED) is 0.731. The van der Waals surface area contributed by atoms with Gasteiger partial charge in [0.25, 0.3) is 0 Å². The van der Waals surface area contributed by atoms with Crippen LogP contribution in [-0.4, -0.2) is 18.5 Å². The first-order chi connectivity index (χ1) is 8.24. The molecular weight excluding hydrogens is 228 g/mol. The predicted molar refractivity (Wildman–Crippen MR) is 76.7 cm³/mol. The van der Waals surface area contributed by atoms with E-state index in [9.17, 15) is 0 Å². The van der Waals surface area contributed by atoms with Gasteiger partial charge in [0.2, 0.25) is 0 Å². The van der Waals surface area contributed by atoms with Gasteiger partial charge in [-0.1, -0.05) is 26.2 Å². The molecule has 0 N–H and O–H groups in total. The second kappa shape index (κ2) is 6.47. The van der Waals surface area contributed by atoms with Crippen LogP contribution < -0.4 is 0 Å². The summed E-state index contributed by atoms with van der Waals surface area (Å²) in [6.07, 6.45) is 12.7. The Labute approximate surface area is 112 Å². The van der Waals surface area contributed by atoms with E-state index in [4.69, 9.17) is 4.74 Å². The van der Waals surface area contributed by atoms with Crippen LogP contribution in [0.2, 0.25) is 0 Å². The van der Waals surface area contributed by atoms with Crippen LogP contribution in [0.25, 0.3) is 0 Å². The highest BCUT2D eigenvalue weighted by molar-refractivity contribution is 7.80. The summed E-state index contributed by atoms with van der Waals surface area (Å²) >= 11 is 4.58. The van der Waals surface area contributed by atoms with E-state index < -0.39 is 0 Å². The summed E-state index contributed by atoms with van der Waals surface area (Å²) in [4.78, 5) is 0. The molecule has 2 heteroatoms. The molecular formula is C15H28OS. The summed E-state index contributed by atoms with van der Waals surface area (Å²) in [6, 6.07) is 0. The summed E-state index contributed by atoms with van der Waals surface area (Å²) in [5.74, 6) is 1.93. The van der Waals surface area contributed by atoms with Gasteiger partial charge >= 0.3 is 0 Å². The van der Waals surface area contributed by atoms with Crippen LogP contribution in [0.15, 0.2) is 0 Å². The van der Waals surface area contributed by atoms with Crippen molar-refractivity contribution in [2.45, 2.75) is 70.8 Å². The largest absolute Gasteiger partial charge is 0.378 e. The van der Waals surface area contributed by atoms with Gasteiger partial charge in [0.05, 0.1) is 12.7 Å². The van der Waals surface area contributed by atoms with E-state index in [2.05, 4.69) is 19.6 Å². The molecule has 2 fully saturated rings. The van der Waals surface area contributed by atoms with Crippen molar-refractivity contribution in [1.82, 2.24) is 0 Å². The molecule has 0 aliphatic heterocycles. The van der Waals surface area contributed by atoms with E-state index in [-0.39, 0.29) is 0 Å². The third-order valence-corrected chi connectivity index (χ3v) is 5.51. The molecule has 0 aromatic rings. The van der Waals surface area contributed by atoms with Gasteiger partial charge in [-0.25, -0.2) is 0 Å². The Hall–Kier alpha value is 0.310. The van der Waals surface area contributed by atoms with Gasteiger partial charge in [0, 0.05) is 5.41 Å². The first-order valence-electron chi connectivity index (χ1n) is 7.47. The van der Waals surface area contributed by atoms with Crippen molar-refractivity contribution in [2.75, 3.05) is 12.4 Å². The van der Waals surface area contributed by atoms with Gasteiger partial charge in [-0.05, 0) is 50.2 Å². The summed E-state index contributed by atoms with van der Waals surface area (Å²) in [6.45, 7) is 3.34. The van der Waals surface area contributed by atoms with E-state index in [1.807, 2.05) is 0 Å². The molecule has 1 nitrogen and oxygen atoms in total. The fourth-order valence-corrected chi connectivity index (χ4v) is 3.75. The Bertz CT molecular complexity index is 215. The fraction of sp³-hybridized carbons (Fsp3) is 1.00. The maximum absolute atomic E-state index is 6.22. The third-order valence-electron chi connectivity index (χ3n) is 4.84. The second-order valence-electron chi connectivity index (χ2n) is 6.41. The molecule has 0 spiro atoms. The van der Waals surface area contributed by atoms with E-state index in [1.54, 1.807) is 0 Å². The molecule has 0 aromatic heterocycles. The van der Waals surface area contributed by atoms with Crippen LogP contribution in [0.3, 0.4) is 0 Å². The third kappa shape index (κ3) is 3.89. The number of hydrogen-bond acceptors (Lipinski definition) is 2. The molecule has 0 unspecified atom stereocenters. The van der Waals surface area contributed by atoms with Crippen LogP contribution in [0, 0.1) is 11.3 Å². The van der Waals surface area contributed by atoms with Crippen LogP contribution in [0.1, 0.15) is 64.7 Å². The lowest BCUT2D eigenvalue weighted by Gasteiger charge is -2.38. The summed E-state index contributed by atoms with van der Waals surface area (Å²) in [5, 5.41) is 0. The Morgan fingerprint density at radius 3 is 2.29 bits per heavy atom. The minimum absolute atomic E-state index is 0.407. The highest BCUT2D eigenvalue weighted by atomic mass is 32.1. The lowest BCUT2D eigenvalue weighted by Crippen LogP contribution is -2.34. The van der Waals surface area contributed by atoms with Crippen molar-refractivity contribution in [3.8, 4) is 0 Å². The van der Waals surface area contributed by atoms with Crippen molar-refractivity contribution in [3.05, 3.63) is 0 Å². The molecule has 0 saturated heterocycles. The van der Waals surface area contributed by atoms with E-state index in [0.717, 1.165) is 18.3 Å². The van der Waals surface area contributed by atoms with Crippen molar-refractivity contribution in [2.24, 2.45) is 11.3 Å². The minimum Gasteiger partial charge on any atom is -0.378 e. The zero-order chi connectivity index (χ0) is 12.1. The van der Waals surface area contributed by atoms with Crippen LogP contribution in [-0.2, 0) is 4.74 Å². The maximum Gasteiger partial charge on any atom is 0.0575 e. The van der Waals surface area contributed by atoms with Gasteiger partial charge in [-0.15, -0.1) is 0 Å². The number of rotatable bonds is 4. The van der Waals surface area contributed by atoms with Crippen LogP contribution in [0.5, 0.6) is 0 Å². The average molecular weight is 256 g/mol. The van der Waals surface area contributed by atoms with Gasteiger partial charge in [-0.2, -0.15) is 12.6 Å². The van der Waals surface area contributed by atoms with Crippen molar-refractivity contribution in [3.63, 3.8) is 0 Å². The number of ether oxygens (including phenoxy) is 1. The molecule has 0 atom stereocenters. The normalized spacial score (nSPS) is 33.5. The minimum atomic E-state index is 0.407. The Kier molecular flexibility index (Phi) is 5.23. The smallest absolute Gasteiger partial charge is 0.0575 e. The zero-order valence-corrected chi connectivity index (χ0v) is 12.2. The summed E-state index contributed by atoms with van der Waals surface area (Å²) in [7, 11) is 0. The van der Waals surface area contributed by atoms with Crippen LogP contribution in [0.4, 0.5) is 0 Å². The average Bonchev–Trinajstić information content (AvgIpc) is 2.39. The first kappa shape index (κ1) is 13.7. The van der Waals surface area contributed by atoms with Crippen molar-refractivity contribution >= 4 is 12.6 Å². The molecule has 0 amide bonds. The standard InChI is InChI=1S/C15H28OS/c1-13-5-7-14(8-6-13)16-11-15(12-17)9-3-2-4-10-15/h13-14,17H,2-12H2,1H3. The highest BCUT2D eigenvalue weighted by Crippen LogP contribution is 2.38. The molecule has 0 heterocycles. The second-order valence-corrected chi connectivity index (χ2v) is 6.73. The van der Waals surface area contributed by atoms with Gasteiger partial charge < -0.3 is 4.74 Å². The molecule has 0 radical (unpaired) electrons. The molecule has 17 heavy (non-hydrogen) atoms. The van der Waals surface area contributed by atoms with Crippen molar-refractivity contribution in [1.29, 1.82) is 0 Å². The number of hydrogen-bond donors (Lipinski definition) is 1. The fourth-order valence-electron chi connectivity index (χ4n) is 3.34. The molecule has 2 aliphatic carbocycles. The lowest BCUT2D eigenvalue weighted by molar-refractivity contribution is -0.0346. The number of thiol groups is 1. The molecule has 2 rings (SSSR count). The van der Waals surface area contributed by atoms with Gasteiger partial charge in [0.15, 0.2) is 0 Å². The molecule has 2 aliphatic rings. The van der Waals surface area contributed by atoms with E-state index in [0.29, 0.717) is 11.5 Å². The maximum atomic E-state index is 6.22. The Morgan fingerprint density at radius 1 is 1.06 bits per heavy atom. The van der Waals surface area contributed by atoms with Gasteiger partial charge in [-0.3, -0.25) is 0 Å². The monoisotopic (exact) mass is 256 g/mol. The lowest BCUT2D eigenvalue weighted by atomic mass is 9.76. The topological polar surface area (TPSA) is 9.23 Å². The Balaban J connectivity index is 1.75. The summed E-state index contributed by atoms with van der Waals surface area (Å²) < 4.78 is 6.22. The molecule has 100 valence electrons. The van der Waals surface area contributed by atoms with E-state index in [1.165, 1.54) is 57.8 Å². The molecule has 0 bridgehead atoms. The van der Waals surface area contributed by atoms with Gasteiger partial charge in [0.1, 0.15) is 0 Å². The van der Waals surface area contributed by atoms with Crippen molar-refractivity contribution < 1.29 is 4.74 Å². The van der Waals surface area contributed by atoms with E-state index >= 15 is 0 Å². The van der Waals surface area contributed by atoms with Crippen LogP contribution >= 0.6 is 12.6 Å². The molecule has 0 aromatic carbocycles. The predicted octanol–water partition coefficient (Wildman–Crippen LogP) is 4.46. The zero-order valence-electron chi connectivity index (χ0n) is 11.3. The first-order valence-corrected chi connectivity index (χ1v) is 8.10. The highest BCUT2D eigenvalue weighted by Gasteiger charge is 2.32.